The van der Waals surface area contributed by atoms with Crippen LogP contribution in [0.1, 0.15) is 34.1 Å². The van der Waals surface area contributed by atoms with Crippen molar-refractivity contribution in [2.45, 2.75) is 32.5 Å². The number of nitrogens with one attached hydrogen (secondary N) is 2. The SMILES string of the molecule is COc1ccnc(C(=O)N[C@@H](C)C2(c3cc(C)cc(C)c3)N=CON2)c1O. The number of nitrogens with zero attached hydrogens (tertiary/aromatic N) is 2. The molecule has 8 heteroatoms. The normalized spacial score (nSPS) is 19.4. The van der Waals surface area contributed by atoms with Gasteiger partial charge in [0.15, 0.2) is 29.3 Å². The van der Waals surface area contributed by atoms with Crippen molar-refractivity contribution < 1.29 is 19.5 Å². The Balaban J connectivity index is 1.92. The van der Waals surface area contributed by atoms with Gasteiger partial charge in [0.2, 0.25) is 0 Å². The fourth-order valence-corrected chi connectivity index (χ4v) is 3.17. The van der Waals surface area contributed by atoms with Crippen LogP contribution in [0.25, 0.3) is 0 Å². The van der Waals surface area contributed by atoms with Gasteiger partial charge in [0.25, 0.3) is 5.91 Å². The van der Waals surface area contributed by atoms with E-state index in [2.05, 4.69) is 26.8 Å². The van der Waals surface area contributed by atoms with Crippen molar-refractivity contribution in [2.24, 2.45) is 4.99 Å². The third-order valence-corrected chi connectivity index (χ3v) is 4.48. The number of benzene rings is 1. The van der Waals surface area contributed by atoms with Crippen molar-refractivity contribution in [3.8, 4) is 11.5 Å². The summed E-state index contributed by atoms with van der Waals surface area (Å²) >= 11 is 0. The van der Waals surface area contributed by atoms with E-state index in [0.717, 1.165) is 16.7 Å². The van der Waals surface area contributed by atoms with Gasteiger partial charge in [-0.15, -0.1) is 5.48 Å². The number of pyridine rings is 1. The minimum absolute atomic E-state index is 0.125. The Morgan fingerprint density at radius 1 is 1.33 bits per heavy atom. The molecule has 0 fully saturated rings. The summed E-state index contributed by atoms with van der Waals surface area (Å²) in [7, 11) is 1.41. The maximum atomic E-state index is 12.7. The molecule has 1 aliphatic rings. The maximum Gasteiger partial charge on any atom is 0.274 e. The first kappa shape index (κ1) is 18.7. The Morgan fingerprint density at radius 2 is 2.04 bits per heavy atom. The third kappa shape index (κ3) is 3.43. The van der Waals surface area contributed by atoms with Crippen LogP contribution in [0.15, 0.2) is 35.5 Å². The number of hydrogen-bond acceptors (Lipinski definition) is 7. The lowest BCUT2D eigenvalue weighted by atomic mass is 9.91. The van der Waals surface area contributed by atoms with Crippen molar-refractivity contribution in [3.05, 3.63) is 52.8 Å². The molecule has 2 atom stereocenters. The van der Waals surface area contributed by atoms with E-state index in [0.29, 0.717) is 0 Å². The Labute approximate surface area is 157 Å². The molecule has 8 nitrogen and oxygen atoms in total. The number of aliphatic imine (C=N–C) groups is 1. The molecule has 142 valence electrons. The van der Waals surface area contributed by atoms with Gasteiger partial charge < -0.3 is 20.0 Å². The Kier molecular flexibility index (Phi) is 5.00. The van der Waals surface area contributed by atoms with E-state index in [9.17, 15) is 9.90 Å². The number of methoxy groups -OCH3 is 1. The number of amides is 1. The van der Waals surface area contributed by atoms with E-state index >= 15 is 0 Å². The molecule has 2 aromatic rings. The molecule has 1 amide bonds. The molecule has 0 aliphatic carbocycles. The molecule has 1 aromatic carbocycles. The highest BCUT2D eigenvalue weighted by molar-refractivity contribution is 5.95. The topological polar surface area (TPSA) is 105 Å². The van der Waals surface area contributed by atoms with Gasteiger partial charge in [-0.1, -0.05) is 29.3 Å². The van der Waals surface area contributed by atoms with E-state index in [1.165, 1.54) is 25.8 Å². The summed E-state index contributed by atoms with van der Waals surface area (Å²) in [5, 5.41) is 13.0. The van der Waals surface area contributed by atoms with E-state index in [1.54, 1.807) is 6.92 Å². The molecule has 1 aliphatic heterocycles. The van der Waals surface area contributed by atoms with Gasteiger partial charge in [0, 0.05) is 12.3 Å². The quantitative estimate of drug-likeness (QED) is 0.743. The Bertz CT molecular complexity index is 879. The number of aromatic nitrogens is 1. The molecule has 0 saturated carbocycles. The molecular formula is C19H22N4O4. The Hall–Kier alpha value is -3.13. The molecule has 0 radical (unpaired) electrons. The first-order valence-corrected chi connectivity index (χ1v) is 8.45. The molecule has 3 rings (SSSR count). The first-order chi connectivity index (χ1) is 12.9. The summed E-state index contributed by atoms with van der Waals surface area (Å²) in [6, 6.07) is 6.98. The number of ether oxygens (including phenoxy) is 1. The van der Waals surface area contributed by atoms with Crippen molar-refractivity contribution >= 4 is 12.3 Å². The van der Waals surface area contributed by atoms with Gasteiger partial charge in [-0.2, -0.15) is 0 Å². The fraction of sp³-hybridized carbons (Fsp3) is 0.316. The molecule has 1 aromatic heterocycles. The van der Waals surface area contributed by atoms with Crippen molar-refractivity contribution in [1.82, 2.24) is 15.8 Å². The summed E-state index contributed by atoms with van der Waals surface area (Å²) in [5.74, 6) is -0.692. The van der Waals surface area contributed by atoms with Gasteiger partial charge >= 0.3 is 0 Å². The van der Waals surface area contributed by atoms with Crippen LogP contribution in [0.5, 0.6) is 11.5 Å². The number of carbonyl (C=O) groups excluding carboxylic acids is 1. The number of hydroxylamine groups is 1. The lowest BCUT2D eigenvalue weighted by Crippen LogP contribution is -2.54. The zero-order chi connectivity index (χ0) is 19.6. The fourth-order valence-electron chi connectivity index (χ4n) is 3.17. The van der Waals surface area contributed by atoms with Crippen LogP contribution in [-0.2, 0) is 10.5 Å². The highest BCUT2D eigenvalue weighted by Gasteiger charge is 2.42. The number of aryl methyl sites for hydroxylation is 2. The monoisotopic (exact) mass is 370 g/mol. The summed E-state index contributed by atoms with van der Waals surface area (Å²) in [5.41, 5.74) is 4.75. The lowest BCUT2D eigenvalue weighted by Gasteiger charge is -2.32. The largest absolute Gasteiger partial charge is 0.503 e. The standard InChI is InChI=1S/C19H22N4O4/c1-11-7-12(2)9-14(8-11)19(21-10-27-23-19)13(3)22-18(25)16-17(24)15(26-4)5-6-20-16/h5-10,13,23-24H,1-4H3,(H,22,25)/t13-,19?/m0/s1. The van der Waals surface area contributed by atoms with Gasteiger partial charge in [-0.3, -0.25) is 4.79 Å². The molecule has 1 unspecified atom stereocenters. The van der Waals surface area contributed by atoms with Crippen LogP contribution in [0.4, 0.5) is 0 Å². The first-order valence-electron chi connectivity index (χ1n) is 8.45. The summed E-state index contributed by atoms with van der Waals surface area (Å²) in [6.07, 6.45) is 2.70. The minimum Gasteiger partial charge on any atom is -0.503 e. The van der Waals surface area contributed by atoms with Crippen molar-refractivity contribution in [1.29, 1.82) is 0 Å². The van der Waals surface area contributed by atoms with Crippen LogP contribution in [0.3, 0.4) is 0 Å². The lowest BCUT2D eigenvalue weighted by molar-refractivity contribution is 0.0773. The summed E-state index contributed by atoms with van der Waals surface area (Å²) in [4.78, 5) is 26.3. The third-order valence-electron chi connectivity index (χ3n) is 4.48. The van der Waals surface area contributed by atoms with Crippen LogP contribution in [0.2, 0.25) is 0 Å². The zero-order valence-corrected chi connectivity index (χ0v) is 15.6. The molecule has 3 N–H and O–H groups in total. The Morgan fingerprint density at radius 3 is 2.63 bits per heavy atom. The van der Waals surface area contributed by atoms with Crippen LogP contribution in [-0.4, -0.2) is 35.5 Å². The molecular weight excluding hydrogens is 348 g/mol. The van der Waals surface area contributed by atoms with E-state index in [1.807, 2.05) is 26.0 Å². The molecule has 2 heterocycles. The summed E-state index contributed by atoms with van der Waals surface area (Å²) < 4.78 is 5.03. The van der Waals surface area contributed by atoms with Crippen LogP contribution >= 0.6 is 0 Å². The smallest absolute Gasteiger partial charge is 0.274 e. The van der Waals surface area contributed by atoms with E-state index in [-0.39, 0.29) is 17.2 Å². The van der Waals surface area contributed by atoms with Gasteiger partial charge in [0.05, 0.1) is 13.2 Å². The maximum absolute atomic E-state index is 12.7. The van der Waals surface area contributed by atoms with Gasteiger partial charge in [0.1, 0.15) is 0 Å². The molecule has 0 spiro atoms. The number of rotatable bonds is 5. The second-order valence-corrected chi connectivity index (χ2v) is 6.50. The second-order valence-electron chi connectivity index (χ2n) is 6.50. The van der Waals surface area contributed by atoms with E-state index < -0.39 is 17.6 Å². The van der Waals surface area contributed by atoms with Crippen LogP contribution < -0.4 is 15.5 Å². The predicted octanol–water partition coefficient (Wildman–Crippen LogP) is 1.95. The number of carbonyl (C=O) groups is 1. The second kappa shape index (κ2) is 7.24. The minimum atomic E-state index is -0.999. The van der Waals surface area contributed by atoms with Gasteiger partial charge in [-0.05, 0) is 26.3 Å². The average molecular weight is 370 g/mol. The zero-order valence-electron chi connectivity index (χ0n) is 15.6. The van der Waals surface area contributed by atoms with Crippen LogP contribution in [0, 0.1) is 13.8 Å². The van der Waals surface area contributed by atoms with Crippen molar-refractivity contribution in [2.75, 3.05) is 7.11 Å². The molecule has 27 heavy (non-hydrogen) atoms. The van der Waals surface area contributed by atoms with E-state index in [4.69, 9.17) is 9.57 Å². The van der Waals surface area contributed by atoms with Gasteiger partial charge in [-0.25, -0.2) is 9.98 Å². The number of aromatic hydroxyl groups is 1. The van der Waals surface area contributed by atoms with Crippen molar-refractivity contribution in [3.63, 3.8) is 0 Å². The average Bonchev–Trinajstić information content (AvgIpc) is 3.12. The molecule has 0 saturated heterocycles. The molecule has 0 bridgehead atoms. The highest BCUT2D eigenvalue weighted by Crippen LogP contribution is 2.32. The highest BCUT2D eigenvalue weighted by atomic mass is 16.7. The predicted molar refractivity (Wildman–Crippen MR) is 99.7 cm³/mol. The number of hydrogen-bond donors (Lipinski definition) is 3. The summed E-state index contributed by atoms with van der Waals surface area (Å²) in [6.45, 7) is 5.78.